The van der Waals surface area contributed by atoms with Crippen molar-refractivity contribution in [3.63, 3.8) is 0 Å². The van der Waals surface area contributed by atoms with Gasteiger partial charge in [-0.3, -0.25) is 14.6 Å². The van der Waals surface area contributed by atoms with Gasteiger partial charge in [0.25, 0.3) is 0 Å². The number of nitriles is 1. The maximum absolute atomic E-state index is 11.9. The first-order valence-corrected chi connectivity index (χ1v) is 7.72. The van der Waals surface area contributed by atoms with Crippen molar-refractivity contribution in [3.05, 3.63) is 0 Å². The lowest BCUT2D eigenvalue weighted by atomic mass is 10.1. The van der Waals surface area contributed by atoms with Crippen LogP contribution in [0, 0.1) is 11.3 Å². The largest absolute Gasteiger partial charge is 0.465 e. The predicted molar refractivity (Wildman–Crippen MR) is 78.2 cm³/mol. The summed E-state index contributed by atoms with van der Waals surface area (Å²) < 4.78 is 5.14. The summed E-state index contributed by atoms with van der Waals surface area (Å²) in [6.45, 7) is 9.77. The highest BCUT2D eigenvalue weighted by molar-refractivity contribution is 5.75. The molecule has 0 amide bonds. The van der Waals surface area contributed by atoms with E-state index in [1.165, 1.54) is 0 Å². The van der Waals surface area contributed by atoms with Crippen molar-refractivity contribution >= 4 is 5.97 Å². The van der Waals surface area contributed by atoms with Crippen molar-refractivity contribution < 1.29 is 9.53 Å². The number of hydrogen-bond donors (Lipinski definition) is 0. The van der Waals surface area contributed by atoms with Crippen LogP contribution in [0.3, 0.4) is 0 Å². The van der Waals surface area contributed by atoms with Gasteiger partial charge in [-0.15, -0.1) is 0 Å². The predicted octanol–water partition coefficient (Wildman–Crippen LogP) is 1.64. The van der Waals surface area contributed by atoms with Gasteiger partial charge in [-0.2, -0.15) is 5.26 Å². The smallest absolute Gasteiger partial charge is 0.323 e. The molecule has 1 heterocycles. The third-order valence-corrected chi connectivity index (χ3v) is 3.89. The molecule has 0 N–H and O–H groups in total. The molecule has 20 heavy (non-hydrogen) atoms. The second-order valence-electron chi connectivity index (χ2n) is 5.18. The number of carbonyl (C=O) groups excluding carboxylic acids is 1. The van der Waals surface area contributed by atoms with Gasteiger partial charge in [0.1, 0.15) is 6.04 Å². The molecule has 0 saturated carbocycles. The summed E-state index contributed by atoms with van der Waals surface area (Å²) in [6, 6.07) is 2.27. The topological polar surface area (TPSA) is 56.6 Å². The third-order valence-electron chi connectivity index (χ3n) is 3.89. The van der Waals surface area contributed by atoms with Crippen molar-refractivity contribution in [2.24, 2.45) is 0 Å². The van der Waals surface area contributed by atoms with Crippen LogP contribution in [0.1, 0.15) is 40.0 Å². The summed E-state index contributed by atoms with van der Waals surface area (Å²) in [6.07, 6.45) is 2.72. The summed E-state index contributed by atoms with van der Waals surface area (Å²) in [5.41, 5.74) is 0. The summed E-state index contributed by atoms with van der Waals surface area (Å²) >= 11 is 0. The molecule has 5 heteroatoms. The number of nitrogens with zero attached hydrogens (tertiary/aromatic N) is 3. The molecule has 0 aromatic rings. The van der Waals surface area contributed by atoms with E-state index in [1.807, 2.05) is 13.8 Å². The standard InChI is InChI=1S/C15H27N3O2/c1-4-7-13(12-16)17-8-10-18(11-9-17)14(5-2)15(19)20-6-3/h13-14H,4-11H2,1-3H3. The van der Waals surface area contributed by atoms with E-state index in [1.54, 1.807) is 0 Å². The average Bonchev–Trinajstić information content (AvgIpc) is 2.47. The number of carbonyl (C=O) groups is 1. The molecule has 0 aromatic carbocycles. The Kier molecular flexibility index (Phi) is 7.56. The van der Waals surface area contributed by atoms with Crippen LogP contribution in [0.4, 0.5) is 0 Å². The lowest BCUT2D eigenvalue weighted by Crippen LogP contribution is -2.54. The Morgan fingerprint density at radius 1 is 1.20 bits per heavy atom. The lowest BCUT2D eigenvalue weighted by Gasteiger charge is -2.39. The minimum absolute atomic E-state index is 0.0184. The molecule has 114 valence electrons. The Balaban J connectivity index is 2.52. The molecule has 0 radical (unpaired) electrons. The number of rotatable bonds is 7. The molecule has 1 rings (SSSR count). The van der Waals surface area contributed by atoms with Crippen molar-refractivity contribution in [3.8, 4) is 6.07 Å². The second-order valence-corrected chi connectivity index (χ2v) is 5.18. The van der Waals surface area contributed by atoms with Crippen LogP contribution in [0.25, 0.3) is 0 Å². The fourth-order valence-electron chi connectivity index (χ4n) is 2.78. The maximum atomic E-state index is 11.9. The molecular weight excluding hydrogens is 254 g/mol. The monoisotopic (exact) mass is 281 g/mol. The first kappa shape index (κ1) is 16.9. The first-order chi connectivity index (χ1) is 9.67. The van der Waals surface area contributed by atoms with Gasteiger partial charge in [0, 0.05) is 26.2 Å². The average molecular weight is 281 g/mol. The van der Waals surface area contributed by atoms with Crippen molar-refractivity contribution in [1.29, 1.82) is 5.26 Å². The molecule has 0 aromatic heterocycles. The molecule has 1 aliphatic heterocycles. The van der Waals surface area contributed by atoms with Crippen LogP contribution in [0.5, 0.6) is 0 Å². The van der Waals surface area contributed by atoms with Crippen LogP contribution >= 0.6 is 0 Å². The highest BCUT2D eigenvalue weighted by Crippen LogP contribution is 2.14. The minimum Gasteiger partial charge on any atom is -0.465 e. The Bertz CT molecular complexity index is 333. The molecule has 1 aliphatic rings. The van der Waals surface area contributed by atoms with Crippen LogP contribution < -0.4 is 0 Å². The van der Waals surface area contributed by atoms with E-state index in [9.17, 15) is 10.1 Å². The van der Waals surface area contributed by atoms with E-state index >= 15 is 0 Å². The number of hydrogen-bond acceptors (Lipinski definition) is 5. The zero-order valence-corrected chi connectivity index (χ0v) is 13.0. The SMILES string of the molecule is CCCC(C#N)N1CCN(C(CC)C(=O)OCC)CC1. The highest BCUT2D eigenvalue weighted by atomic mass is 16.5. The molecule has 2 atom stereocenters. The van der Waals surface area contributed by atoms with Crippen LogP contribution in [0.2, 0.25) is 0 Å². The zero-order chi connectivity index (χ0) is 15.0. The fraction of sp³-hybridized carbons (Fsp3) is 0.867. The normalized spacial score (nSPS) is 20.1. The van der Waals surface area contributed by atoms with Crippen molar-refractivity contribution in [2.45, 2.75) is 52.1 Å². The van der Waals surface area contributed by atoms with E-state index in [0.29, 0.717) is 6.61 Å². The molecule has 2 unspecified atom stereocenters. The van der Waals surface area contributed by atoms with Gasteiger partial charge in [0.15, 0.2) is 0 Å². The van der Waals surface area contributed by atoms with Gasteiger partial charge in [-0.05, 0) is 19.8 Å². The number of piperazine rings is 1. The van der Waals surface area contributed by atoms with Crippen LogP contribution in [0.15, 0.2) is 0 Å². The Labute approximate surface area is 122 Å². The van der Waals surface area contributed by atoms with E-state index in [0.717, 1.165) is 45.4 Å². The number of ether oxygens (including phenoxy) is 1. The van der Waals surface area contributed by atoms with E-state index in [4.69, 9.17) is 4.74 Å². The lowest BCUT2D eigenvalue weighted by molar-refractivity contribution is -0.150. The molecule has 0 aliphatic carbocycles. The molecule has 0 spiro atoms. The molecule has 1 fully saturated rings. The van der Waals surface area contributed by atoms with Gasteiger partial charge in [0.2, 0.25) is 0 Å². The maximum Gasteiger partial charge on any atom is 0.323 e. The molecular formula is C15H27N3O2. The van der Waals surface area contributed by atoms with Crippen LogP contribution in [-0.4, -0.2) is 60.6 Å². The van der Waals surface area contributed by atoms with Crippen LogP contribution in [-0.2, 0) is 9.53 Å². The molecule has 1 saturated heterocycles. The van der Waals surface area contributed by atoms with Gasteiger partial charge in [-0.1, -0.05) is 20.3 Å². The summed E-state index contributed by atoms with van der Waals surface area (Å²) in [5.74, 6) is -0.117. The summed E-state index contributed by atoms with van der Waals surface area (Å²) in [4.78, 5) is 16.3. The van der Waals surface area contributed by atoms with Gasteiger partial charge >= 0.3 is 5.97 Å². The first-order valence-electron chi connectivity index (χ1n) is 7.72. The van der Waals surface area contributed by atoms with Gasteiger partial charge in [0.05, 0.1) is 18.7 Å². The zero-order valence-electron chi connectivity index (χ0n) is 13.0. The van der Waals surface area contributed by atoms with Crippen molar-refractivity contribution in [2.75, 3.05) is 32.8 Å². The summed E-state index contributed by atoms with van der Waals surface area (Å²) in [5, 5.41) is 9.21. The second kappa shape index (κ2) is 8.93. The number of esters is 1. The molecule has 5 nitrogen and oxygen atoms in total. The summed E-state index contributed by atoms with van der Waals surface area (Å²) in [7, 11) is 0. The van der Waals surface area contributed by atoms with E-state index in [2.05, 4.69) is 22.8 Å². The van der Waals surface area contributed by atoms with E-state index < -0.39 is 0 Å². The van der Waals surface area contributed by atoms with Gasteiger partial charge in [-0.25, -0.2) is 0 Å². The van der Waals surface area contributed by atoms with Gasteiger partial charge < -0.3 is 4.74 Å². The minimum atomic E-state index is -0.135. The fourth-order valence-corrected chi connectivity index (χ4v) is 2.78. The Morgan fingerprint density at radius 2 is 1.80 bits per heavy atom. The molecule has 0 bridgehead atoms. The van der Waals surface area contributed by atoms with E-state index in [-0.39, 0.29) is 18.1 Å². The highest BCUT2D eigenvalue weighted by Gasteiger charge is 2.30. The Hall–Kier alpha value is -1.12. The third kappa shape index (κ3) is 4.46. The van der Waals surface area contributed by atoms with Crippen molar-refractivity contribution in [1.82, 2.24) is 9.80 Å². The quantitative estimate of drug-likeness (QED) is 0.664. The Morgan fingerprint density at radius 3 is 2.25 bits per heavy atom.